The van der Waals surface area contributed by atoms with Crippen LogP contribution in [0.2, 0.25) is 0 Å². The number of nitrogens with one attached hydrogen (secondary N) is 1. The van der Waals surface area contributed by atoms with Crippen LogP contribution in [0, 0.1) is 0 Å². The summed E-state index contributed by atoms with van der Waals surface area (Å²) in [4.78, 5) is 0. The van der Waals surface area contributed by atoms with Gasteiger partial charge in [0.25, 0.3) is 0 Å². The maximum absolute atomic E-state index is 5.63. The second kappa shape index (κ2) is 6.73. The number of rotatable bonds is 7. The summed E-state index contributed by atoms with van der Waals surface area (Å²) in [6, 6.07) is 6.45. The van der Waals surface area contributed by atoms with Crippen LogP contribution in [0.1, 0.15) is 36.9 Å². The molecule has 0 amide bonds. The van der Waals surface area contributed by atoms with E-state index in [9.17, 15) is 0 Å². The fourth-order valence-corrected chi connectivity index (χ4v) is 2.22. The van der Waals surface area contributed by atoms with E-state index in [4.69, 9.17) is 15.3 Å². The summed E-state index contributed by atoms with van der Waals surface area (Å²) in [7, 11) is 0. The van der Waals surface area contributed by atoms with Crippen LogP contribution in [0.5, 0.6) is 5.75 Å². The Bertz CT molecular complexity index is 382. The molecule has 0 bridgehead atoms. The van der Waals surface area contributed by atoms with Gasteiger partial charge in [-0.25, -0.2) is 0 Å². The molecule has 1 aliphatic heterocycles. The van der Waals surface area contributed by atoms with Gasteiger partial charge in [0.1, 0.15) is 5.75 Å². The first-order chi connectivity index (χ1) is 8.85. The zero-order valence-electron chi connectivity index (χ0n) is 10.9. The zero-order valence-corrected chi connectivity index (χ0v) is 10.9. The molecule has 1 atom stereocenters. The lowest BCUT2D eigenvalue weighted by atomic mass is 10.0. The molecular weight excluding hydrogens is 228 g/mol. The number of benzene rings is 1. The van der Waals surface area contributed by atoms with E-state index in [1.54, 1.807) is 0 Å². The summed E-state index contributed by atoms with van der Waals surface area (Å²) < 4.78 is 11.0. The molecule has 0 fully saturated rings. The fourth-order valence-electron chi connectivity index (χ4n) is 2.22. The van der Waals surface area contributed by atoms with E-state index >= 15 is 0 Å². The molecule has 3 N–H and O–H groups in total. The normalized spacial score (nSPS) is 15.2. The average molecular weight is 250 g/mol. The first-order valence-corrected chi connectivity index (χ1v) is 6.64. The minimum absolute atomic E-state index is 0.146. The van der Waals surface area contributed by atoms with Crippen LogP contribution in [0.15, 0.2) is 18.2 Å². The SMILES string of the molecule is CCCOCCC(NN)c1ccc2c(c1)CCO2. The molecule has 1 aromatic carbocycles. The Labute approximate surface area is 108 Å². The third-order valence-corrected chi connectivity index (χ3v) is 3.22. The van der Waals surface area contributed by atoms with Crippen LogP contribution in [-0.2, 0) is 11.2 Å². The van der Waals surface area contributed by atoms with Gasteiger partial charge in [-0.1, -0.05) is 19.1 Å². The van der Waals surface area contributed by atoms with E-state index in [-0.39, 0.29) is 6.04 Å². The molecule has 4 nitrogen and oxygen atoms in total. The summed E-state index contributed by atoms with van der Waals surface area (Å²) in [5.74, 6) is 6.64. The largest absolute Gasteiger partial charge is 0.493 e. The highest BCUT2D eigenvalue weighted by atomic mass is 16.5. The van der Waals surface area contributed by atoms with E-state index in [0.717, 1.165) is 44.8 Å². The summed E-state index contributed by atoms with van der Waals surface area (Å²) in [6.07, 6.45) is 2.93. The quantitative estimate of drug-likeness (QED) is 0.441. The predicted octanol–water partition coefficient (Wildman–Crippen LogP) is 1.94. The number of ether oxygens (including phenoxy) is 2. The van der Waals surface area contributed by atoms with Crippen LogP contribution in [0.3, 0.4) is 0 Å². The van der Waals surface area contributed by atoms with Crippen molar-refractivity contribution in [2.45, 2.75) is 32.2 Å². The van der Waals surface area contributed by atoms with Crippen LogP contribution in [0.4, 0.5) is 0 Å². The zero-order chi connectivity index (χ0) is 12.8. The third kappa shape index (κ3) is 3.22. The molecule has 1 aromatic rings. The second-order valence-corrected chi connectivity index (χ2v) is 4.59. The van der Waals surface area contributed by atoms with Crippen molar-refractivity contribution in [3.8, 4) is 5.75 Å². The van der Waals surface area contributed by atoms with Gasteiger partial charge in [-0.3, -0.25) is 11.3 Å². The van der Waals surface area contributed by atoms with E-state index in [1.807, 2.05) is 6.07 Å². The lowest BCUT2D eigenvalue weighted by Gasteiger charge is -2.17. The van der Waals surface area contributed by atoms with E-state index in [1.165, 1.54) is 11.1 Å². The second-order valence-electron chi connectivity index (χ2n) is 4.59. The number of fused-ring (bicyclic) bond motifs is 1. The number of hydrogen-bond donors (Lipinski definition) is 2. The minimum Gasteiger partial charge on any atom is -0.493 e. The summed E-state index contributed by atoms with van der Waals surface area (Å²) in [6.45, 7) is 4.45. The van der Waals surface area contributed by atoms with Gasteiger partial charge in [0.2, 0.25) is 0 Å². The van der Waals surface area contributed by atoms with Gasteiger partial charge >= 0.3 is 0 Å². The maximum atomic E-state index is 5.63. The molecule has 0 aromatic heterocycles. The Kier molecular flexibility index (Phi) is 4.99. The summed E-state index contributed by atoms with van der Waals surface area (Å²) >= 11 is 0. The Balaban J connectivity index is 1.94. The number of hydrazine groups is 1. The first kappa shape index (κ1) is 13.3. The van der Waals surface area contributed by atoms with Gasteiger partial charge in [0.15, 0.2) is 0 Å². The molecule has 1 unspecified atom stereocenters. The van der Waals surface area contributed by atoms with Gasteiger partial charge in [-0.05, 0) is 30.0 Å². The van der Waals surface area contributed by atoms with Crippen molar-refractivity contribution in [2.75, 3.05) is 19.8 Å². The molecule has 0 aliphatic carbocycles. The Morgan fingerprint density at radius 3 is 3.11 bits per heavy atom. The standard InChI is InChI=1S/C14H22N2O2/c1-2-7-17-8-6-13(16-15)11-3-4-14-12(10-11)5-9-18-14/h3-4,10,13,16H,2,5-9,15H2,1H3. The molecule has 1 heterocycles. The van der Waals surface area contributed by atoms with Gasteiger partial charge in [0, 0.05) is 25.7 Å². The minimum atomic E-state index is 0.146. The number of hydrogen-bond acceptors (Lipinski definition) is 4. The van der Waals surface area contributed by atoms with E-state index in [0.29, 0.717) is 0 Å². The Hall–Kier alpha value is -1.10. The molecule has 4 heteroatoms. The number of nitrogens with two attached hydrogens (primary N) is 1. The molecule has 0 radical (unpaired) electrons. The van der Waals surface area contributed by atoms with Crippen LogP contribution < -0.4 is 16.0 Å². The molecule has 0 saturated carbocycles. The molecule has 1 aliphatic rings. The Morgan fingerprint density at radius 1 is 1.44 bits per heavy atom. The van der Waals surface area contributed by atoms with Crippen molar-refractivity contribution in [1.82, 2.24) is 5.43 Å². The van der Waals surface area contributed by atoms with Crippen LogP contribution in [0.25, 0.3) is 0 Å². The molecule has 100 valence electrons. The van der Waals surface area contributed by atoms with Crippen LogP contribution in [-0.4, -0.2) is 19.8 Å². The molecule has 0 spiro atoms. The van der Waals surface area contributed by atoms with E-state index < -0.39 is 0 Å². The molecule has 18 heavy (non-hydrogen) atoms. The summed E-state index contributed by atoms with van der Waals surface area (Å²) in [5.41, 5.74) is 5.36. The topological polar surface area (TPSA) is 56.5 Å². The van der Waals surface area contributed by atoms with Crippen molar-refractivity contribution in [2.24, 2.45) is 5.84 Å². The Morgan fingerprint density at radius 2 is 2.33 bits per heavy atom. The van der Waals surface area contributed by atoms with E-state index in [2.05, 4.69) is 24.5 Å². The van der Waals surface area contributed by atoms with Gasteiger partial charge in [-0.2, -0.15) is 0 Å². The van der Waals surface area contributed by atoms with Crippen molar-refractivity contribution < 1.29 is 9.47 Å². The van der Waals surface area contributed by atoms with Crippen LogP contribution >= 0.6 is 0 Å². The highest BCUT2D eigenvalue weighted by molar-refractivity contribution is 5.40. The lowest BCUT2D eigenvalue weighted by molar-refractivity contribution is 0.124. The first-order valence-electron chi connectivity index (χ1n) is 6.64. The van der Waals surface area contributed by atoms with Gasteiger partial charge < -0.3 is 9.47 Å². The van der Waals surface area contributed by atoms with Gasteiger partial charge in [0.05, 0.1) is 6.61 Å². The van der Waals surface area contributed by atoms with Crippen molar-refractivity contribution in [1.29, 1.82) is 0 Å². The lowest BCUT2D eigenvalue weighted by Crippen LogP contribution is -2.29. The van der Waals surface area contributed by atoms with Crippen molar-refractivity contribution >= 4 is 0 Å². The van der Waals surface area contributed by atoms with Crippen molar-refractivity contribution in [3.05, 3.63) is 29.3 Å². The third-order valence-electron chi connectivity index (χ3n) is 3.22. The predicted molar refractivity (Wildman–Crippen MR) is 71.4 cm³/mol. The maximum Gasteiger partial charge on any atom is 0.122 e. The molecule has 0 saturated heterocycles. The average Bonchev–Trinajstić information content (AvgIpc) is 2.86. The highest BCUT2D eigenvalue weighted by Gasteiger charge is 2.16. The molecular formula is C14H22N2O2. The monoisotopic (exact) mass is 250 g/mol. The highest BCUT2D eigenvalue weighted by Crippen LogP contribution is 2.28. The molecule has 2 rings (SSSR count). The van der Waals surface area contributed by atoms with Gasteiger partial charge in [-0.15, -0.1) is 0 Å². The van der Waals surface area contributed by atoms with Crippen molar-refractivity contribution in [3.63, 3.8) is 0 Å². The fraction of sp³-hybridized carbons (Fsp3) is 0.571. The summed E-state index contributed by atoms with van der Waals surface area (Å²) in [5, 5.41) is 0. The smallest absolute Gasteiger partial charge is 0.122 e.